The van der Waals surface area contributed by atoms with E-state index in [2.05, 4.69) is 5.32 Å². The molecule has 0 heterocycles. The number of hydrogen-bond acceptors (Lipinski definition) is 4. The third kappa shape index (κ3) is 7.04. The summed E-state index contributed by atoms with van der Waals surface area (Å²) in [6, 6.07) is 18.1. The Hall–Kier alpha value is -2.86. The van der Waals surface area contributed by atoms with Crippen LogP contribution in [0.1, 0.15) is 37.9 Å². The quantitative estimate of drug-likeness (QED) is 0.768. The van der Waals surface area contributed by atoms with Gasteiger partial charge < -0.3 is 15.2 Å². The minimum Gasteiger partial charge on any atom is -0.444 e. The molecule has 0 aliphatic carbocycles. The number of nitrogens with zero attached hydrogens (tertiary/aromatic N) is 1. The van der Waals surface area contributed by atoms with Crippen LogP contribution in [0.3, 0.4) is 0 Å². The number of rotatable bonds is 7. The second-order valence-corrected chi connectivity index (χ2v) is 7.54. The number of amides is 2. The lowest BCUT2D eigenvalue weighted by molar-refractivity contribution is -0.123. The van der Waals surface area contributed by atoms with Gasteiger partial charge in [0, 0.05) is 6.54 Å². The van der Waals surface area contributed by atoms with E-state index in [9.17, 15) is 14.7 Å². The molecule has 0 saturated carbocycles. The predicted octanol–water partition coefficient (Wildman–Crippen LogP) is 3.27. The van der Waals surface area contributed by atoms with Crippen molar-refractivity contribution in [3.05, 3.63) is 71.8 Å². The number of ether oxygens (including phenoxy) is 1. The Bertz CT molecular complexity index is 757. The highest BCUT2D eigenvalue weighted by atomic mass is 16.6. The van der Waals surface area contributed by atoms with Crippen LogP contribution in [0.15, 0.2) is 60.7 Å². The molecular formula is C22H28N2O4. The molecule has 0 unspecified atom stereocenters. The third-order valence-corrected chi connectivity index (χ3v) is 3.92. The van der Waals surface area contributed by atoms with E-state index in [-0.39, 0.29) is 25.6 Å². The molecule has 1 atom stereocenters. The van der Waals surface area contributed by atoms with E-state index in [1.807, 2.05) is 60.7 Å². The molecule has 2 rings (SSSR count). The van der Waals surface area contributed by atoms with Crippen molar-refractivity contribution in [2.75, 3.05) is 13.2 Å². The zero-order valence-electron chi connectivity index (χ0n) is 16.6. The summed E-state index contributed by atoms with van der Waals surface area (Å²) in [5.74, 6) is -0.371. The summed E-state index contributed by atoms with van der Waals surface area (Å²) < 4.78 is 5.45. The zero-order valence-corrected chi connectivity index (χ0v) is 16.6. The van der Waals surface area contributed by atoms with Crippen molar-refractivity contribution in [3.8, 4) is 0 Å². The highest BCUT2D eigenvalue weighted by Crippen LogP contribution is 2.14. The topological polar surface area (TPSA) is 78.9 Å². The molecule has 2 aromatic carbocycles. The van der Waals surface area contributed by atoms with Crippen LogP contribution in [0.4, 0.5) is 4.79 Å². The van der Waals surface area contributed by atoms with E-state index in [0.717, 1.165) is 11.1 Å². The first-order valence-electron chi connectivity index (χ1n) is 9.25. The van der Waals surface area contributed by atoms with Crippen molar-refractivity contribution < 1.29 is 19.4 Å². The Balaban J connectivity index is 2.09. The Morgan fingerprint density at radius 3 is 2.14 bits per heavy atom. The Morgan fingerprint density at radius 1 is 1.04 bits per heavy atom. The summed E-state index contributed by atoms with van der Waals surface area (Å²) in [5.41, 5.74) is 1.02. The molecule has 0 aliphatic heterocycles. The van der Waals surface area contributed by atoms with Crippen LogP contribution < -0.4 is 5.32 Å². The van der Waals surface area contributed by atoms with Crippen molar-refractivity contribution in [2.45, 2.75) is 39.0 Å². The van der Waals surface area contributed by atoms with Gasteiger partial charge in [0.05, 0.1) is 12.6 Å². The van der Waals surface area contributed by atoms with Gasteiger partial charge >= 0.3 is 6.09 Å². The molecule has 150 valence electrons. The van der Waals surface area contributed by atoms with Crippen LogP contribution in [-0.4, -0.2) is 40.8 Å². The van der Waals surface area contributed by atoms with Gasteiger partial charge in [-0.1, -0.05) is 60.7 Å². The van der Waals surface area contributed by atoms with E-state index >= 15 is 0 Å². The maximum absolute atomic E-state index is 12.6. The van der Waals surface area contributed by atoms with Gasteiger partial charge in [-0.3, -0.25) is 9.69 Å². The summed E-state index contributed by atoms with van der Waals surface area (Å²) in [6.07, 6.45) is -0.563. The van der Waals surface area contributed by atoms with Crippen molar-refractivity contribution in [1.82, 2.24) is 10.2 Å². The molecule has 2 aromatic rings. The Labute approximate surface area is 166 Å². The van der Waals surface area contributed by atoms with E-state index in [1.54, 1.807) is 20.8 Å². The van der Waals surface area contributed by atoms with Crippen LogP contribution >= 0.6 is 0 Å². The summed E-state index contributed by atoms with van der Waals surface area (Å²) in [4.78, 5) is 26.5. The highest BCUT2D eigenvalue weighted by Gasteiger charge is 2.25. The van der Waals surface area contributed by atoms with Crippen LogP contribution in [-0.2, 0) is 16.1 Å². The number of aliphatic hydroxyl groups is 1. The lowest BCUT2D eigenvalue weighted by Crippen LogP contribution is -2.44. The summed E-state index contributed by atoms with van der Waals surface area (Å²) >= 11 is 0. The number of benzene rings is 2. The van der Waals surface area contributed by atoms with Gasteiger partial charge in [-0.05, 0) is 31.9 Å². The summed E-state index contributed by atoms with van der Waals surface area (Å²) in [6.45, 7) is 5.18. The summed E-state index contributed by atoms with van der Waals surface area (Å²) in [7, 11) is 0. The molecule has 0 aliphatic rings. The Morgan fingerprint density at radius 2 is 1.61 bits per heavy atom. The molecule has 2 amide bonds. The Kier molecular flexibility index (Phi) is 7.58. The lowest BCUT2D eigenvalue weighted by atomic mass is 10.1. The predicted molar refractivity (Wildman–Crippen MR) is 107 cm³/mol. The SMILES string of the molecule is CC(C)(C)OC(=O)N(CC(=O)N[C@@H](CO)c1ccccc1)Cc1ccccc1. The minimum absolute atomic E-state index is 0.173. The second kappa shape index (κ2) is 9.90. The number of hydrogen-bond donors (Lipinski definition) is 2. The fourth-order valence-corrected chi connectivity index (χ4v) is 2.65. The van der Waals surface area contributed by atoms with E-state index in [1.165, 1.54) is 4.90 Å². The zero-order chi connectivity index (χ0) is 20.6. The van der Waals surface area contributed by atoms with Crippen LogP contribution in [0.5, 0.6) is 0 Å². The first kappa shape index (κ1) is 21.4. The van der Waals surface area contributed by atoms with Crippen molar-refractivity contribution in [2.24, 2.45) is 0 Å². The van der Waals surface area contributed by atoms with E-state index < -0.39 is 17.7 Å². The van der Waals surface area contributed by atoms with Gasteiger partial charge in [-0.25, -0.2) is 4.79 Å². The monoisotopic (exact) mass is 384 g/mol. The van der Waals surface area contributed by atoms with Crippen molar-refractivity contribution in [1.29, 1.82) is 0 Å². The molecule has 0 aromatic heterocycles. The number of nitrogens with one attached hydrogen (secondary N) is 1. The van der Waals surface area contributed by atoms with Gasteiger partial charge in [-0.15, -0.1) is 0 Å². The third-order valence-electron chi connectivity index (χ3n) is 3.92. The van der Waals surface area contributed by atoms with Gasteiger partial charge in [0.25, 0.3) is 0 Å². The molecule has 2 N–H and O–H groups in total. The lowest BCUT2D eigenvalue weighted by Gasteiger charge is -2.28. The molecule has 0 bridgehead atoms. The van der Waals surface area contributed by atoms with Crippen LogP contribution in [0.2, 0.25) is 0 Å². The largest absolute Gasteiger partial charge is 0.444 e. The molecule has 0 fully saturated rings. The van der Waals surface area contributed by atoms with Crippen LogP contribution in [0, 0.1) is 0 Å². The molecular weight excluding hydrogens is 356 g/mol. The number of carbonyl (C=O) groups is 2. The normalized spacial score (nSPS) is 12.1. The van der Waals surface area contributed by atoms with Crippen molar-refractivity contribution in [3.63, 3.8) is 0 Å². The van der Waals surface area contributed by atoms with E-state index in [0.29, 0.717) is 0 Å². The molecule has 0 saturated heterocycles. The second-order valence-electron chi connectivity index (χ2n) is 7.54. The first-order valence-corrected chi connectivity index (χ1v) is 9.25. The fourth-order valence-electron chi connectivity index (χ4n) is 2.65. The fraction of sp³-hybridized carbons (Fsp3) is 0.364. The molecule has 0 spiro atoms. The van der Waals surface area contributed by atoms with Gasteiger partial charge in [0.2, 0.25) is 5.91 Å². The maximum Gasteiger partial charge on any atom is 0.411 e. The average molecular weight is 384 g/mol. The van der Waals surface area contributed by atoms with Crippen molar-refractivity contribution >= 4 is 12.0 Å². The molecule has 6 nitrogen and oxygen atoms in total. The minimum atomic E-state index is -0.666. The first-order chi connectivity index (χ1) is 13.3. The number of aliphatic hydroxyl groups excluding tert-OH is 1. The maximum atomic E-state index is 12.6. The molecule has 28 heavy (non-hydrogen) atoms. The van der Waals surface area contributed by atoms with E-state index in [4.69, 9.17) is 4.74 Å². The smallest absolute Gasteiger partial charge is 0.411 e. The average Bonchev–Trinajstić information content (AvgIpc) is 2.66. The molecule has 6 heteroatoms. The van der Waals surface area contributed by atoms with Gasteiger partial charge in [-0.2, -0.15) is 0 Å². The molecule has 0 radical (unpaired) electrons. The van der Waals surface area contributed by atoms with Gasteiger partial charge in [0.1, 0.15) is 12.1 Å². The van der Waals surface area contributed by atoms with Gasteiger partial charge in [0.15, 0.2) is 0 Å². The highest BCUT2D eigenvalue weighted by molar-refractivity contribution is 5.82. The standard InChI is InChI=1S/C22H28N2O4/c1-22(2,3)28-21(27)24(14-17-10-6-4-7-11-17)15-20(26)23-19(16-25)18-12-8-5-9-13-18/h4-13,19,25H,14-16H2,1-3H3,(H,23,26)/t19-/m0/s1. The van der Waals surface area contributed by atoms with Crippen LogP contribution in [0.25, 0.3) is 0 Å². The number of carbonyl (C=O) groups excluding carboxylic acids is 2. The summed E-state index contributed by atoms with van der Waals surface area (Å²) in [5, 5.41) is 12.4.